The number of methoxy groups -OCH3 is 1. The molecule has 0 saturated carbocycles. The van der Waals surface area contributed by atoms with E-state index in [0.717, 1.165) is 25.3 Å². The van der Waals surface area contributed by atoms with E-state index in [9.17, 15) is 27.6 Å². The number of aromatic amines is 1. The van der Waals surface area contributed by atoms with Gasteiger partial charge in [0.05, 0.1) is 5.52 Å². The zero-order valence-corrected chi connectivity index (χ0v) is 17.2. The number of aromatic carboxylic acids is 1. The van der Waals surface area contributed by atoms with Gasteiger partial charge in [-0.25, -0.2) is 4.79 Å². The highest BCUT2D eigenvalue weighted by molar-refractivity contribution is 6.31. The second-order valence-corrected chi connectivity index (χ2v) is 7.21. The molecule has 7 nitrogen and oxygen atoms in total. The second kappa shape index (κ2) is 8.64. The molecular weight excluding hydrogens is 453 g/mol. The summed E-state index contributed by atoms with van der Waals surface area (Å²) in [6.45, 7) is -0.452. The predicted molar refractivity (Wildman–Crippen MR) is 110 cm³/mol. The number of carbonyl (C=O) groups is 2. The third-order valence-electron chi connectivity index (χ3n) is 4.87. The quantitative estimate of drug-likeness (QED) is 0.512. The summed E-state index contributed by atoms with van der Waals surface area (Å²) in [7, 11) is 0.778. The van der Waals surface area contributed by atoms with Crippen molar-refractivity contribution in [3.63, 3.8) is 0 Å². The molecule has 0 bridgehead atoms. The van der Waals surface area contributed by atoms with E-state index >= 15 is 0 Å². The van der Waals surface area contributed by atoms with E-state index in [1.54, 1.807) is 0 Å². The van der Waals surface area contributed by atoms with Crippen molar-refractivity contribution in [2.24, 2.45) is 0 Å². The summed E-state index contributed by atoms with van der Waals surface area (Å²) in [5, 5.41) is 11.7. The number of aromatic nitrogens is 1. The molecule has 0 aliphatic carbocycles. The number of H-pyrrole nitrogens is 1. The first-order chi connectivity index (χ1) is 15.0. The summed E-state index contributed by atoms with van der Waals surface area (Å²) >= 11 is 6.04. The first-order valence-electron chi connectivity index (χ1n) is 9.05. The summed E-state index contributed by atoms with van der Waals surface area (Å²) in [5.74, 6) is -2.93. The normalized spacial score (nSPS) is 13.5. The number of halogens is 4. The largest absolute Gasteiger partial charge is 0.477 e. The number of alkyl halides is 3. The molecule has 0 radical (unpaired) electrons. The van der Waals surface area contributed by atoms with Gasteiger partial charge in [-0.1, -0.05) is 41.9 Å². The van der Waals surface area contributed by atoms with Gasteiger partial charge in [0.25, 0.3) is 17.1 Å². The van der Waals surface area contributed by atoms with Crippen molar-refractivity contribution < 1.29 is 32.6 Å². The number of fused-ring (bicyclic) bond motifs is 1. The molecule has 0 saturated heterocycles. The number of nitrogens with one attached hydrogen (secondary N) is 2. The molecule has 3 rings (SSSR count). The second-order valence-electron chi connectivity index (χ2n) is 6.78. The summed E-state index contributed by atoms with van der Waals surface area (Å²) in [6, 6.07) is 10.2. The Morgan fingerprint density at radius 2 is 1.81 bits per heavy atom. The SMILES string of the molecule is CO[C@@](C(=O)NCc1cc(Cl)cc2cc(C(=O)O)c(=O)[nH]c12)(c1ccccc1)C(F)(F)F. The molecule has 1 amide bonds. The van der Waals surface area contributed by atoms with Gasteiger partial charge < -0.3 is 20.1 Å². The standard InChI is InChI=1S/C21H16ClF3N2O5/c1-32-20(21(23,24)25,13-5-3-2-4-6-13)19(31)26-10-12-8-14(22)7-11-9-15(18(29)30)17(28)27-16(11)12/h2-9H,10H2,1H3,(H,26,31)(H,27,28)(H,29,30)/t20-/m1/s1. The van der Waals surface area contributed by atoms with Crippen LogP contribution in [0.1, 0.15) is 21.5 Å². The van der Waals surface area contributed by atoms with Crippen molar-refractivity contribution in [3.8, 4) is 0 Å². The Bertz CT molecular complexity index is 1240. The summed E-state index contributed by atoms with van der Waals surface area (Å²) in [6.07, 6.45) is -5.09. The van der Waals surface area contributed by atoms with Gasteiger partial charge in [0.2, 0.25) is 0 Å². The smallest absolute Gasteiger partial charge is 0.430 e. The maximum atomic E-state index is 14.0. The van der Waals surface area contributed by atoms with Crippen LogP contribution in [0, 0.1) is 0 Å². The maximum Gasteiger partial charge on any atom is 0.430 e. The molecule has 1 heterocycles. The number of benzene rings is 2. The average Bonchev–Trinajstić information content (AvgIpc) is 2.72. The van der Waals surface area contributed by atoms with E-state index in [-0.39, 0.29) is 21.5 Å². The van der Waals surface area contributed by atoms with Crippen molar-refractivity contribution in [2.45, 2.75) is 18.3 Å². The van der Waals surface area contributed by atoms with Crippen LogP contribution in [-0.2, 0) is 21.7 Å². The molecule has 2 aromatic carbocycles. The number of amides is 1. The number of carboxylic acids is 1. The third-order valence-corrected chi connectivity index (χ3v) is 5.09. The van der Waals surface area contributed by atoms with Crippen molar-refractivity contribution in [1.82, 2.24) is 10.3 Å². The van der Waals surface area contributed by atoms with Crippen LogP contribution in [0.4, 0.5) is 13.2 Å². The number of rotatable bonds is 6. The van der Waals surface area contributed by atoms with Gasteiger partial charge >= 0.3 is 12.1 Å². The van der Waals surface area contributed by atoms with Crippen molar-refractivity contribution in [2.75, 3.05) is 7.11 Å². The molecule has 0 aliphatic heterocycles. The van der Waals surface area contributed by atoms with Crippen LogP contribution in [-0.4, -0.2) is 35.3 Å². The third kappa shape index (κ3) is 4.06. The molecule has 0 spiro atoms. The van der Waals surface area contributed by atoms with Gasteiger partial charge in [0.1, 0.15) is 5.56 Å². The van der Waals surface area contributed by atoms with Crippen molar-refractivity contribution in [3.05, 3.63) is 80.6 Å². The summed E-state index contributed by atoms with van der Waals surface area (Å²) < 4.78 is 46.8. The molecule has 168 valence electrons. The number of hydrogen-bond acceptors (Lipinski definition) is 4. The highest BCUT2D eigenvalue weighted by Gasteiger charge is 2.62. The fourth-order valence-corrected chi connectivity index (χ4v) is 3.62. The van der Waals surface area contributed by atoms with Gasteiger partial charge in [-0.05, 0) is 23.8 Å². The Kier molecular flexibility index (Phi) is 6.29. The molecule has 1 atom stereocenters. The van der Waals surface area contributed by atoms with E-state index in [2.05, 4.69) is 10.3 Å². The number of carbonyl (C=O) groups excluding carboxylic acids is 1. The van der Waals surface area contributed by atoms with Gasteiger partial charge in [0.15, 0.2) is 0 Å². The van der Waals surface area contributed by atoms with E-state index in [1.165, 1.54) is 30.3 Å². The predicted octanol–water partition coefficient (Wildman–Crippen LogP) is 3.60. The lowest BCUT2D eigenvalue weighted by atomic mass is 9.91. The molecule has 32 heavy (non-hydrogen) atoms. The van der Waals surface area contributed by atoms with Gasteiger partial charge in [0, 0.05) is 29.6 Å². The molecule has 0 unspecified atom stereocenters. The molecule has 0 aliphatic rings. The van der Waals surface area contributed by atoms with Crippen LogP contribution in [0.5, 0.6) is 0 Å². The summed E-state index contributed by atoms with van der Waals surface area (Å²) in [5.41, 5.74) is -4.83. The number of hydrogen-bond donors (Lipinski definition) is 3. The Morgan fingerprint density at radius 3 is 2.38 bits per heavy atom. The van der Waals surface area contributed by atoms with Crippen molar-refractivity contribution in [1.29, 1.82) is 0 Å². The highest BCUT2D eigenvalue weighted by atomic mass is 35.5. The fourth-order valence-electron chi connectivity index (χ4n) is 3.38. The number of ether oxygens (including phenoxy) is 1. The zero-order valence-electron chi connectivity index (χ0n) is 16.4. The molecule has 3 N–H and O–H groups in total. The zero-order chi connectivity index (χ0) is 23.7. The van der Waals surface area contributed by atoms with Crippen molar-refractivity contribution >= 4 is 34.4 Å². The number of carboxylic acid groups (broad SMARTS) is 1. The molecule has 3 aromatic rings. The average molecular weight is 469 g/mol. The molecule has 0 fully saturated rings. The van der Waals surface area contributed by atoms with E-state index < -0.39 is 46.9 Å². The van der Waals surface area contributed by atoms with Gasteiger partial charge in [-0.15, -0.1) is 0 Å². The summed E-state index contributed by atoms with van der Waals surface area (Å²) in [4.78, 5) is 38.4. The molecule has 1 aromatic heterocycles. The first-order valence-corrected chi connectivity index (χ1v) is 9.43. The van der Waals surface area contributed by atoms with Gasteiger partial charge in [-0.2, -0.15) is 13.2 Å². The van der Waals surface area contributed by atoms with Crippen LogP contribution in [0.3, 0.4) is 0 Å². The van der Waals surface area contributed by atoms with Crippen LogP contribution in [0.25, 0.3) is 10.9 Å². The number of pyridine rings is 1. The van der Waals surface area contributed by atoms with E-state index in [0.29, 0.717) is 0 Å². The lowest BCUT2D eigenvalue weighted by molar-refractivity contribution is -0.265. The monoisotopic (exact) mass is 468 g/mol. The van der Waals surface area contributed by atoms with Crippen LogP contribution >= 0.6 is 11.6 Å². The maximum absolute atomic E-state index is 14.0. The fraction of sp³-hybridized carbons (Fsp3) is 0.190. The Labute approximate surface area is 183 Å². The highest BCUT2D eigenvalue weighted by Crippen LogP contribution is 2.42. The lowest BCUT2D eigenvalue weighted by Gasteiger charge is -2.33. The molecular formula is C21H16ClF3N2O5. The topological polar surface area (TPSA) is 108 Å². The van der Waals surface area contributed by atoms with Crippen LogP contribution in [0.15, 0.2) is 53.3 Å². The van der Waals surface area contributed by atoms with E-state index in [4.69, 9.17) is 21.4 Å². The molecule has 11 heteroatoms. The minimum atomic E-state index is -5.09. The van der Waals surface area contributed by atoms with E-state index in [1.807, 2.05) is 0 Å². The van der Waals surface area contributed by atoms with Crippen LogP contribution in [0.2, 0.25) is 5.02 Å². The van der Waals surface area contributed by atoms with Crippen LogP contribution < -0.4 is 10.9 Å². The Balaban J connectivity index is 2.03. The minimum absolute atomic E-state index is 0.124. The minimum Gasteiger partial charge on any atom is -0.477 e. The Morgan fingerprint density at radius 1 is 1.16 bits per heavy atom. The van der Waals surface area contributed by atoms with Gasteiger partial charge in [-0.3, -0.25) is 9.59 Å². The Hall–Kier alpha value is -3.37. The first kappa shape index (κ1) is 23.3. The lowest BCUT2D eigenvalue weighted by Crippen LogP contribution is -2.55.